The Bertz CT molecular complexity index is 1570. The number of hydrogen-bond acceptors (Lipinski definition) is 15. The first-order valence-electron chi connectivity index (χ1n) is 32.1. The fourth-order valence-electron chi connectivity index (χ4n) is 9.05. The third-order valence-electron chi connectivity index (χ3n) is 14.0. The van der Waals surface area contributed by atoms with Gasteiger partial charge in [0.2, 0.25) is 0 Å². The van der Waals surface area contributed by atoms with Gasteiger partial charge in [0.25, 0.3) is 0 Å². The molecule has 0 bridgehead atoms. The van der Waals surface area contributed by atoms with Gasteiger partial charge in [0.05, 0.1) is 26.4 Å². The van der Waals surface area contributed by atoms with E-state index < -0.39 is 97.5 Å². The Kier molecular flexibility index (Phi) is 53.6. The van der Waals surface area contributed by atoms with Crippen LogP contribution in [-0.4, -0.2) is 96.7 Å². The van der Waals surface area contributed by atoms with Crippen LogP contribution in [0.5, 0.6) is 0 Å². The molecule has 80 heavy (non-hydrogen) atoms. The van der Waals surface area contributed by atoms with Crippen molar-refractivity contribution in [2.24, 2.45) is 5.92 Å². The van der Waals surface area contributed by atoms with Gasteiger partial charge in [0, 0.05) is 25.7 Å². The predicted octanol–water partition coefficient (Wildman–Crippen LogP) is 16.6. The molecule has 474 valence electrons. The van der Waals surface area contributed by atoms with E-state index in [9.17, 15) is 43.2 Å². The Hall–Kier alpha value is -1.94. The molecule has 0 aliphatic heterocycles. The lowest BCUT2D eigenvalue weighted by Crippen LogP contribution is -2.30. The fraction of sp³-hybridized carbons (Fsp3) is 0.934. The van der Waals surface area contributed by atoms with E-state index in [1.54, 1.807) is 0 Å². The predicted molar refractivity (Wildman–Crippen MR) is 317 cm³/mol. The van der Waals surface area contributed by atoms with E-state index in [1.165, 1.54) is 122 Å². The van der Waals surface area contributed by atoms with E-state index in [0.717, 1.165) is 102 Å². The molecule has 19 heteroatoms. The van der Waals surface area contributed by atoms with Crippen molar-refractivity contribution >= 4 is 39.5 Å². The maximum absolute atomic E-state index is 12.9. The molecular weight excluding hydrogens is 1070 g/mol. The fourth-order valence-corrected chi connectivity index (χ4v) is 10.6. The second-order valence-corrected chi connectivity index (χ2v) is 25.5. The van der Waals surface area contributed by atoms with Crippen LogP contribution in [0.25, 0.3) is 0 Å². The Balaban J connectivity index is 5.17. The van der Waals surface area contributed by atoms with Gasteiger partial charge in [0.15, 0.2) is 12.2 Å². The molecule has 0 fully saturated rings. The third-order valence-corrected chi connectivity index (χ3v) is 15.9. The molecule has 0 spiro atoms. The Morgan fingerprint density at radius 3 is 0.850 bits per heavy atom. The van der Waals surface area contributed by atoms with E-state index in [-0.39, 0.29) is 25.7 Å². The van der Waals surface area contributed by atoms with Crippen molar-refractivity contribution in [2.75, 3.05) is 39.6 Å². The molecular formula is C61H118O17P2. The maximum atomic E-state index is 12.9. The van der Waals surface area contributed by atoms with Crippen molar-refractivity contribution in [3.63, 3.8) is 0 Å². The molecule has 0 saturated carbocycles. The first-order chi connectivity index (χ1) is 38.5. The highest BCUT2D eigenvalue weighted by molar-refractivity contribution is 7.47. The lowest BCUT2D eigenvalue weighted by molar-refractivity contribution is -0.161. The molecule has 17 nitrogen and oxygen atoms in total. The van der Waals surface area contributed by atoms with Crippen LogP contribution >= 0.6 is 15.6 Å². The Morgan fingerprint density at radius 1 is 0.338 bits per heavy atom. The van der Waals surface area contributed by atoms with E-state index in [0.29, 0.717) is 25.7 Å². The molecule has 0 rings (SSSR count). The summed E-state index contributed by atoms with van der Waals surface area (Å²) in [4.78, 5) is 71.8. The van der Waals surface area contributed by atoms with Crippen LogP contribution in [0.15, 0.2) is 0 Å². The van der Waals surface area contributed by atoms with Gasteiger partial charge in [0.1, 0.15) is 19.3 Å². The zero-order chi connectivity index (χ0) is 59.2. The van der Waals surface area contributed by atoms with Crippen molar-refractivity contribution in [3.05, 3.63) is 0 Å². The number of rotatable bonds is 61. The topological polar surface area (TPSA) is 237 Å². The number of aliphatic hydroxyl groups excluding tert-OH is 1. The molecule has 0 saturated heterocycles. The minimum atomic E-state index is -4.94. The van der Waals surface area contributed by atoms with Gasteiger partial charge < -0.3 is 33.8 Å². The van der Waals surface area contributed by atoms with E-state index >= 15 is 0 Å². The van der Waals surface area contributed by atoms with Crippen LogP contribution < -0.4 is 0 Å². The molecule has 0 heterocycles. The number of esters is 4. The van der Waals surface area contributed by atoms with Crippen molar-refractivity contribution in [3.8, 4) is 0 Å². The van der Waals surface area contributed by atoms with Crippen molar-refractivity contribution in [1.82, 2.24) is 0 Å². The number of aliphatic hydroxyl groups is 1. The number of ether oxygens (including phenoxy) is 4. The first kappa shape index (κ1) is 78.1. The number of hydrogen-bond donors (Lipinski definition) is 3. The Labute approximate surface area is 486 Å². The quantitative estimate of drug-likeness (QED) is 0.0222. The van der Waals surface area contributed by atoms with Gasteiger partial charge in [-0.25, -0.2) is 9.13 Å². The SMILES string of the molecule is CCCCCCCCCCCCCCCCCC(=O)O[C@H](COC(=O)CCCCCCCCCCC(C)C)COP(=O)(O)OC[C@@H](O)COP(=O)(O)OC[C@@H](COC(=O)CCCCCCC)OC(=O)CCCCCCCCCCC. The first-order valence-corrected chi connectivity index (χ1v) is 35.1. The summed E-state index contributed by atoms with van der Waals surface area (Å²) in [7, 11) is -9.87. The third kappa shape index (κ3) is 55.3. The van der Waals surface area contributed by atoms with Gasteiger partial charge in [-0.05, 0) is 31.6 Å². The standard InChI is InChI=1S/C61H118O17P2/c1-6-9-12-15-17-19-20-21-22-23-24-26-32-37-42-47-61(66)78-57(51-72-59(64)45-40-35-30-28-27-29-34-38-43-54(4)5)53-76-80(69,70)74-49-55(62)48-73-79(67,68)75-52-56(50-71-58(63)44-39-33-14-11-8-3)77-60(65)46-41-36-31-25-18-16-13-10-7-2/h54-57,62H,6-53H2,1-5H3,(H,67,68)(H,69,70)/t55-,56+,57+/m0/s1. The monoisotopic (exact) mass is 1180 g/mol. The second-order valence-electron chi connectivity index (χ2n) is 22.6. The van der Waals surface area contributed by atoms with Gasteiger partial charge in [-0.1, -0.05) is 253 Å². The van der Waals surface area contributed by atoms with Crippen molar-refractivity contribution < 1.29 is 80.2 Å². The number of carbonyl (C=O) groups is 4. The molecule has 5 atom stereocenters. The molecule has 3 N–H and O–H groups in total. The average molecular weight is 1190 g/mol. The molecule has 0 aliphatic carbocycles. The molecule has 0 radical (unpaired) electrons. The van der Waals surface area contributed by atoms with E-state index in [4.69, 9.17) is 37.0 Å². The molecule has 0 amide bonds. The van der Waals surface area contributed by atoms with Crippen molar-refractivity contribution in [1.29, 1.82) is 0 Å². The normalized spacial score (nSPS) is 14.3. The number of phosphoric ester groups is 2. The summed E-state index contributed by atoms with van der Waals surface area (Å²) in [5.41, 5.74) is 0. The van der Waals surface area contributed by atoms with E-state index in [2.05, 4.69) is 34.6 Å². The molecule has 0 aliphatic rings. The summed E-state index contributed by atoms with van der Waals surface area (Å²) in [6.07, 6.45) is 37.9. The molecule has 0 aromatic heterocycles. The van der Waals surface area contributed by atoms with Crippen LogP contribution in [0.2, 0.25) is 0 Å². The maximum Gasteiger partial charge on any atom is 0.472 e. The number of unbranched alkanes of at least 4 members (excludes halogenated alkanes) is 33. The van der Waals surface area contributed by atoms with Crippen LogP contribution in [0.3, 0.4) is 0 Å². The van der Waals surface area contributed by atoms with E-state index in [1.807, 2.05) is 0 Å². The summed E-state index contributed by atoms with van der Waals surface area (Å²) >= 11 is 0. The minimum Gasteiger partial charge on any atom is -0.462 e. The molecule has 0 aromatic carbocycles. The second kappa shape index (κ2) is 55.0. The lowest BCUT2D eigenvalue weighted by Gasteiger charge is -2.21. The lowest BCUT2D eigenvalue weighted by atomic mass is 10.0. The molecule has 2 unspecified atom stereocenters. The summed E-state index contributed by atoms with van der Waals surface area (Å²) < 4.78 is 67.6. The van der Waals surface area contributed by atoms with Crippen LogP contribution in [0.1, 0.15) is 304 Å². The number of carbonyl (C=O) groups excluding carboxylic acids is 4. The largest absolute Gasteiger partial charge is 0.472 e. The van der Waals surface area contributed by atoms with Gasteiger partial charge >= 0.3 is 39.5 Å². The van der Waals surface area contributed by atoms with Crippen LogP contribution in [-0.2, 0) is 65.4 Å². The highest BCUT2D eigenvalue weighted by Crippen LogP contribution is 2.45. The van der Waals surface area contributed by atoms with Crippen LogP contribution in [0, 0.1) is 5.92 Å². The minimum absolute atomic E-state index is 0.105. The number of phosphoric acid groups is 2. The van der Waals surface area contributed by atoms with Gasteiger partial charge in [-0.15, -0.1) is 0 Å². The highest BCUT2D eigenvalue weighted by Gasteiger charge is 2.30. The average Bonchev–Trinajstić information content (AvgIpc) is 3.42. The van der Waals surface area contributed by atoms with Gasteiger partial charge in [-0.2, -0.15) is 0 Å². The molecule has 0 aromatic rings. The van der Waals surface area contributed by atoms with Crippen molar-refractivity contribution in [2.45, 2.75) is 323 Å². The highest BCUT2D eigenvalue weighted by atomic mass is 31.2. The Morgan fingerprint density at radius 2 is 0.575 bits per heavy atom. The zero-order valence-electron chi connectivity index (χ0n) is 51.2. The summed E-state index contributed by atoms with van der Waals surface area (Å²) in [6, 6.07) is 0. The van der Waals surface area contributed by atoms with Crippen LogP contribution in [0.4, 0.5) is 0 Å². The summed E-state index contributed by atoms with van der Waals surface area (Å²) in [6.45, 7) is 7.04. The smallest absolute Gasteiger partial charge is 0.462 e. The van der Waals surface area contributed by atoms with Gasteiger partial charge in [-0.3, -0.25) is 37.3 Å². The zero-order valence-corrected chi connectivity index (χ0v) is 53.0. The summed E-state index contributed by atoms with van der Waals surface area (Å²) in [5, 5.41) is 10.5. The summed E-state index contributed by atoms with van der Waals surface area (Å²) in [5.74, 6) is -1.42.